The van der Waals surface area contributed by atoms with Crippen molar-refractivity contribution < 1.29 is 4.79 Å². The maximum Gasteiger partial charge on any atom is 0.262 e. The second kappa shape index (κ2) is 9.40. The Balaban J connectivity index is 1.57. The van der Waals surface area contributed by atoms with Crippen molar-refractivity contribution in [2.24, 2.45) is 0 Å². The second-order valence-electron chi connectivity index (χ2n) is 7.65. The maximum atomic E-state index is 12.9. The average molecular weight is 448 g/mol. The van der Waals surface area contributed by atoms with E-state index in [2.05, 4.69) is 34.2 Å². The number of aromatic nitrogens is 4. The molecule has 7 nitrogen and oxygen atoms in total. The average Bonchev–Trinajstić information content (AvgIpc) is 3.24. The first-order chi connectivity index (χ1) is 15.5. The number of amides is 1. The number of hydrogen-bond donors (Lipinski definition) is 2. The first kappa shape index (κ1) is 21.8. The van der Waals surface area contributed by atoms with Crippen molar-refractivity contribution in [1.29, 1.82) is 0 Å². The SMILES string of the molecule is CCC(C)c1ccccc1NC(=O)C(C)Sc1nc2c(cnn2-c2ccccc2)c(=O)[nH]1. The number of thioether (sulfide) groups is 1. The topological polar surface area (TPSA) is 92.7 Å². The van der Waals surface area contributed by atoms with E-state index < -0.39 is 5.25 Å². The van der Waals surface area contributed by atoms with Crippen LogP contribution in [0.25, 0.3) is 16.7 Å². The first-order valence-corrected chi connectivity index (χ1v) is 11.5. The Hall–Kier alpha value is -3.39. The Morgan fingerprint density at radius 1 is 1.12 bits per heavy atom. The summed E-state index contributed by atoms with van der Waals surface area (Å²) in [5.74, 6) is 0.193. The molecular weight excluding hydrogens is 422 g/mol. The van der Waals surface area contributed by atoms with Crippen LogP contribution in [0.1, 0.15) is 38.7 Å². The number of benzene rings is 2. The molecule has 164 valence electrons. The van der Waals surface area contributed by atoms with Crippen molar-refractivity contribution in [3.63, 3.8) is 0 Å². The van der Waals surface area contributed by atoms with Crippen molar-refractivity contribution >= 4 is 34.4 Å². The monoisotopic (exact) mass is 447 g/mol. The third-order valence-corrected chi connectivity index (χ3v) is 6.42. The highest BCUT2D eigenvalue weighted by Gasteiger charge is 2.20. The summed E-state index contributed by atoms with van der Waals surface area (Å²) < 4.78 is 1.63. The summed E-state index contributed by atoms with van der Waals surface area (Å²) in [5, 5.41) is 7.66. The van der Waals surface area contributed by atoms with E-state index >= 15 is 0 Å². The van der Waals surface area contributed by atoms with Crippen molar-refractivity contribution in [2.45, 2.75) is 43.5 Å². The summed E-state index contributed by atoms with van der Waals surface area (Å²) in [4.78, 5) is 32.8. The van der Waals surface area contributed by atoms with Crippen molar-refractivity contribution in [1.82, 2.24) is 19.7 Å². The zero-order valence-corrected chi connectivity index (χ0v) is 19.0. The largest absolute Gasteiger partial charge is 0.325 e. The normalized spacial score (nSPS) is 13.1. The second-order valence-corrected chi connectivity index (χ2v) is 8.98. The number of carbonyl (C=O) groups excluding carboxylic acids is 1. The van der Waals surface area contributed by atoms with Gasteiger partial charge in [0.05, 0.1) is 17.1 Å². The summed E-state index contributed by atoms with van der Waals surface area (Å²) in [6.07, 6.45) is 2.49. The third kappa shape index (κ3) is 4.45. The number of rotatable bonds is 7. The molecule has 0 fully saturated rings. The molecular formula is C24H25N5O2S. The van der Waals surface area contributed by atoms with Crippen LogP contribution in [0, 0.1) is 0 Å². The predicted molar refractivity (Wildman–Crippen MR) is 129 cm³/mol. The molecule has 2 atom stereocenters. The van der Waals surface area contributed by atoms with Gasteiger partial charge < -0.3 is 10.3 Å². The molecule has 4 rings (SSSR count). The number of fused-ring (bicyclic) bond motifs is 1. The molecule has 2 N–H and O–H groups in total. The van der Waals surface area contributed by atoms with Gasteiger partial charge in [0.15, 0.2) is 10.8 Å². The standard InChI is InChI=1S/C24H25N5O2S/c1-4-15(2)18-12-8-9-13-20(18)26-22(30)16(3)32-24-27-21-19(23(31)28-24)14-25-29(21)17-10-6-5-7-11-17/h5-16H,4H2,1-3H3,(H,26,30)(H,27,28,31). The van der Waals surface area contributed by atoms with E-state index in [1.54, 1.807) is 11.6 Å². The number of aromatic amines is 1. The van der Waals surface area contributed by atoms with E-state index in [1.165, 1.54) is 18.0 Å². The number of hydrogen-bond acceptors (Lipinski definition) is 5. The molecule has 4 aromatic rings. The quantitative estimate of drug-likeness (QED) is 0.315. The Labute approximate surface area is 190 Å². The molecule has 0 spiro atoms. The fraction of sp³-hybridized carbons (Fsp3) is 0.250. The van der Waals surface area contributed by atoms with Gasteiger partial charge in [-0.25, -0.2) is 9.67 Å². The number of H-pyrrole nitrogens is 1. The lowest BCUT2D eigenvalue weighted by molar-refractivity contribution is -0.115. The van der Waals surface area contributed by atoms with Crippen LogP contribution in [0.4, 0.5) is 5.69 Å². The van der Waals surface area contributed by atoms with E-state index in [9.17, 15) is 9.59 Å². The highest BCUT2D eigenvalue weighted by molar-refractivity contribution is 8.00. The molecule has 0 aliphatic heterocycles. The van der Waals surface area contributed by atoms with Gasteiger partial charge in [0, 0.05) is 5.69 Å². The number of nitrogens with zero attached hydrogens (tertiary/aromatic N) is 3. The minimum Gasteiger partial charge on any atom is -0.325 e. The van der Waals surface area contributed by atoms with Crippen LogP contribution in [0.15, 0.2) is 70.7 Å². The van der Waals surface area contributed by atoms with Gasteiger partial charge in [-0.2, -0.15) is 5.10 Å². The van der Waals surface area contributed by atoms with Gasteiger partial charge in [0.1, 0.15) is 5.39 Å². The van der Waals surface area contributed by atoms with E-state index in [0.717, 1.165) is 23.4 Å². The molecule has 2 aromatic heterocycles. The molecule has 1 amide bonds. The lowest BCUT2D eigenvalue weighted by Gasteiger charge is -2.17. The van der Waals surface area contributed by atoms with Crippen LogP contribution in [0.3, 0.4) is 0 Å². The molecule has 2 unspecified atom stereocenters. The molecule has 2 heterocycles. The Morgan fingerprint density at radius 2 is 1.84 bits per heavy atom. The highest BCUT2D eigenvalue weighted by Crippen LogP contribution is 2.28. The molecule has 32 heavy (non-hydrogen) atoms. The third-order valence-electron chi connectivity index (χ3n) is 5.44. The minimum absolute atomic E-state index is 0.148. The number of nitrogens with one attached hydrogen (secondary N) is 2. The van der Waals surface area contributed by atoms with Crippen LogP contribution < -0.4 is 10.9 Å². The van der Waals surface area contributed by atoms with Crippen LogP contribution in [-0.4, -0.2) is 30.9 Å². The first-order valence-electron chi connectivity index (χ1n) is 10.6. The summed E-state index contributed by atoms with van der Waals surface area (Å²) in [7, 11) is 0. The van der Waals surface area contributed by atoms with Crippen LogP contribution in [-0.2, 0) is 4.79 Å². The van der Waals surface area contributed by atoms with Crippen LogP contribution in [0.2, 0.25) is 0 Å². The van der Waals surface area contributed by atoms with E-state index in [0.29, 0.717) is 22.1 Å². The molecule has 0 aliphatic carbocycles. The summed E-state index contributed by atoms with van der Waals surface area (Å²) in [6.45, 7) is 6.06. The number of carbonyl (C=O) groups is 1. The van der Waals surface area contributed by atoms with Gasteiger partial charge >= 0.3 is 0 Å². The van der Waals surface area contributed by atoms with Crippen molar-refractivity contribution in [2.75, 3.05) is 5.32 Å². The number of para-hydroxylation sites is 2. The Kier molecular flexibility index (Phi) is 6.41. The summed E-state index contributed by atoms with van der Waals surface area (Å²) in [6, 6.07) is 17.4. The predicted octanol–water partition coefficient (Wildman–Crippen LogP) is 4.74. The zero-order chi connectivity index (χ0) is 22.7. The minimum atomic E-state index is -0.464. The molecule has 0 bridgehead atoms. The molecule has 2 aromatic carbocycles. The maximum absolute atomic E-state index is 12.9. The summed E-state index contributed by atoms with van der Waals surface area (Å²) >= 11 is 1.21. The highest BCUT2D eigenvalue weighted by atomic mass is 32.2. The van der Waals surface area contributed by atoms with E-state index in [1.807, 2.05) is 54.6 Å². The van der Waals surface area contributed by atoms with Crippen molar-refractivity contribution in [3.05, 3.63) is 76.7 Å². The van der Waals surface area contributed by atoms with Gasteiger partial charge in [-0.15, -0.1) is 0 Å². The van der Waals surface area contributed by atoms with Gasteiger partial charge in [0.2, 0.25) is 5.91 Å². The fourth-order valence-electron chi connectivity index (χ4n) is 3.43. The smallest absolute Gasteiger partial charge is 0.262 e. The number of anilines is 1. The molecule has 0 radical (unpaired) electrons. The van der Waals surface area contributed by atoms with Gasteiger partial charge in [-0.1, -0.05) is 62.0 Å². The molecule has 8 heteroatoms. The van der Waals surface area contributed by atoms with Gasteiger partial charge in [0.25, 0.3) is 5.56 Å². The van der Waals surface area contributed by atoms with Crippen LogP contribution in [0.5, 0.6) is 0 Å². The lowest BCUT2D eigenvalue weighted by Crippen LogP contribution is -2.24. The lowest BCUT2D eigenvalue weighted by atomic mass is 9.97. The molecule has 0 aliphatic rings. The molecule has 0 saturated heterocycles. The Morgan fingerprint density at radius 3 is 2.59 bits per heavy atom. The zero-order valence-electron chi connectivity index (χ0n) is 18.2. The van der Waals surface area contributed by atoms with E-state index in [-0.39, 0.29) is 11.5 Å². The van der Waals surface area contributed by atoms with E-state index in [4.69, 9.17) is 0 Å². The van der Waals surface area contributed by atoms with Crippen LogP contribution >= 0.6 is 11.8 Å². The molecule has 0 saturated carbocycles. The summed E-state index contributed by atoms with van der Waals surface area (Å²) in [5.41, 5.74) is 2.91. The van der Waals surface area contributed by atoms with Gasteiger partial charge in [-0.05, 0) is 43.0 Å². The Bertz CT molecular complexity index is 1300. The fourth-order valence-corrected chi connectivity index (χ4v) is 4.22. The van der Waals surface area contributed by atoms with Gasteiger partial charge in [-0.3, -0.25) is 9.59 Å². The van der Waals surface area contributed by atoms with Crippen molar-refractivity contribution in [3.8, 4) is 5.69 Å².